The summed E-state index contributed by atoms with van der Waals surface area (Å²) < 4.78 is 0.898. The third kappa shape index (κ3) is 3.35. The van der Waals surface area contributed by atoms with Gasteiger partial charge < -0.3 is 11.1 Å². The zero-order chi connectivity index (χ0) is 13.2. The van der Waals surface area contributed by atoms with E-state index in [-0.39, 0.29) is 11.8 Å². The molecule has 96 valence electrons. The highest BCUT2D eigenvalue weighted by molar-refractivity contribution is 7.20. The molecule has 0 aromatic carbocycles. The smallest absolute Gasteiger partial charge is 0.254 e. The van der Waals surface area contributed by atoms with Crippen molar-refractivity contribution >= 4 is 40.4 Å². The molecule has 3 nitrogen and oxygen atoms in total. The topological polar surface area (TPSA) is 55.1 Å². The number of amides is 1. The average Bonchev–Trinajstić information content (AvgIpc) is 2.57. The summed E-state index contributed by atoms with van der Waals surface area (Å²) in [5.41, 5.74) is 5.66. The fraction of sp³-hybridized carbons (Fsp3) is 0.545. The second kappa shape index (κ2) is 5.57. The van der Waals surface area contributed by atoms with Crippen LogP contribution in [0.5, 0.6) is 0 Å². The highest BCUT2D eigenvalue weighted by atomic mass is 35.5. The second-order valence-electron chi connectivity index (χ2n) is 4.47. The summed E-state index contributed by atoms with van der Waals surface area (Å²) in [6.07, 6.45) is 0. The molecule has 0 radical (unpaired) electrons. The van der Waals surface area contributed by atoms with Crippen LogP contribution in [0.2, 0.25) is 8.67 Å². The zero-order valence-corrected chi connectivity index (χ0v) is 12.3. The largest absolute Gasteiger partial charge is 0.345 e. The van der Waals surface area contributed by atoms with Crippen LogP contribution in [0.15, 0.2) is 6.07 Å². The van der Waals surface area contributed by atoms with Gasteiger partial charge in [0, 0.05) is 6.54 Å². The van der Waals surface area contributed by atoms with Crippen LogP contribution in [-0.2, 0) is 0 Å². The molecule has 0 aliphatic rings. The van der Waals surface area contributed by atoms with Crippen molar-refractivity contribution in [2.45, 2.75) is 26.3 Å². The van der Waals surface area contributed by atoms with Gasteiger partial charge in [0.25, 0.3) is 5.91 Å². The van der Waals surface area contributed by atoms with Crippen LogP contribution in [-0.4, -0.2) is 18.0 Å². The van der Waals surface area contributed by atoms with Gasteiger partial charge in [0.15, 0.2) is 0 Å². The molecule has 0 saturated heterocycles. The SMILES string of the molecule is CC(C)C(C)(CN)NC(=O)c1cc(Cl)sc1Cl. The monoisotopic (exact) mass is 294 g/mol. The highest BCUT2D eigenvalue weighted by Crippen LogP contribution is 2.31. The maximum atomic E-state index is 12.1. The van der Waals surface area contributed by atoms with Crippen molar-refractivity contribution in [1.82, 2.24) is 5.32 Å². The van der Waals surface area contributed by atoms with Gasteiger partial charge in [0.2, 0.25) is 0 Å². The lowest BCUT2D eigenvalue weighted by molar-refractivity contribution is 0.0884. The molecule has 3 N–H and O–H groups in total. The van der Waals surface area contributed by atoms with Crippen molar-refractivity contribution in [1.29, 1.82) is 0 Å². The summed E-state index contributed by atoms with van der Waals surface area (Å²) in [6, 6.07) is 1.57. The summed E-state index contributed by atoms with van der Waals surface area (Å²) in [6.45, 7) is 6.30. The van der Waals surface area contributed by atoms with Crippen molar-refractivity contribution in [2.75, 3.05) is 6.54 Å². The van der Waals surface area contributed by atoms with Gasteiger partial charge in [-0.05, 0) is 18.9 Å². The molecule has 17 heavy (non-hydrogen) atoms. The van der Waals surface area contributed by atoms with Gasteiger partial charge >= 0.3 is 0 Å². The Morgan fingerprint density at radius 2 is 2.18 bits per heavy atom. The second-order valence-corrected chi connectivity index (χ2v) is 6.75. The number of hydrogen-bond donors (Lipinski definition) is 2. The summed E-state index contributed by atoms with van der Waals surface area (Å²) in [7, 11) is 0. The van der Waals surface area contributed by atoms with E-state index in [1.807, 2.05) is 20.8 Å². The number of halogens is 2. The zero-order valence-electron chi connectivity index (χ0n) is 10.0. The van der Waals surface area contributed by atoms with E-state index in [1.54, 1.807) is 6.07 Å². The minimum Gasteiger partial charge on any atom is -0.345 e. The fourth-order valence-corrected chi connectivity index (χ4v) is 2.71. The average molecular weight is 295 g/mol. The Balaban J connectivity index is 2.89. The Kier molecular flexibility index (Phi) is 4.84. The Morgan fingerprint density at radius 3 is 2.53 bits per heavy atom. The van der Waals surface area contributed by atoms with E-state index in [0.717, 1.165) is 0 Å². The van der Waals surface area contributed by atoms with Gasteiger partial charge in [0.1, 0.15) is 4.34 Å². The molecule has 1 rings (SSSR count). The molecule has 6 heteroatoms. The molecule has 0 aliphatic heterocycles. The maximum Gasteiger partial charge on any atom is 0.254 e. The number of hydrogen-bond acceptors (Lipinski definition) is 3. The molecule has 0 spiro atoms. The standard InChI is InChI=1S/C11H16Cl2N2OS/c1-6(2)11(3,5-14)15-10(16)7-4-8(12)17-9(7)13/h4,6H,5,14H2,1-3H3,(H,15,16). The molecule has 1 aromatic rings. The first-order chi connectivity index (χ1) is 7.80. The summed E-state index contributed by atoms with van der Waals surface area (Å²) in [4.78, 5) is 12.1. The predicted molar refractivity (Wildman–Crippen MR) is 74.1 cm³/mol. The molecule has 0 aliphatic carbocycles. The van der Waals surface area contributed by atoms with Crippen LogP contribution < -0.4 is 11.1 Å². The lowest BCUT2D eigenvalue weighted by Gasteiger charge is -2.33. The van der Waals surface area contributed by atoms with Gasteiger partial charge in [-0.15, -0.1) is 11.3 Å². The van der Waals surface area contributed by atoms with Crippen molar-refractivity contribution in [2.24, 2.45) is 11.7 Å². The van der Waals surface area contributed by atoms with Crippen LogP contribution in [0, 0.1) is 5.92 Å². The van der Waals surface area contributed by atoms with E-state index in [0.29, 0.717) is 20.8 Å². The van der Waals surface area contributed by atoms with Gasteiger partial charge in [-0.1, -0.05) is 37.0 Å². The fourth-order valence-electron chi connectivity index (χ4n) is 1.25. The van der Waals surface area contributed by atoms with Crippen molar-refractivity contribution in [3.05, 3.63) is 20.3 Å². The molecule has 0 bridgehead atoms. The molecular weight excluding hydrogens is 279 g/mol. The summed E-state index contributed by atoms with van der Waals surface area (Å²) >= 11 is 12.9. The van der Waals surface area contributed by atoms with Gasteiger partial charge in [-0.25, -0.2) is 0 Å². The van der Waals surface area contributed by atoms with E-state index >= 15 is 0 Å². The van der Waals surface area contributed by atoms with Crippen LogP contribution in [0.3, 0.4) is 0 Å². The quantitative estimate of drug-likeness (QED) is 0.896. The number of nitrogens with two attached hydrogens (primary N) is 1. The molecular formula is C11H16Cl2N2OS. The van der Waals surface area contributed by atoms with Crippen molar-refractivity contribution in [3.63, 3.8) is 0 Å². The minimum absolute atomic E-state index is 0.226. The Labute approximate surface area is 115 Å². The molecule has 1 heterocycles. The summed E-state index contributed by atoms with van der Waals surface area (Å²) in [5.74, 6) is -0.0101. The molecule has 0 saturated carbocycles. The molecule has 1 unspecified atom stereocenters. The minimum atomic E-state index is -0.450. The number of nitrogens with one attached hydrogen (secondary N) is 1. The van der Waals surface area contributed by atoms with E-state index in [2.05, 4.69) is 5.32 Å². The number of carbonyl (C=O) groups is 1. The number of carbonyl (C=O) groups excluding carboxylic acids is 1. The molecule has 0 fully saturated rings. The predicted octanol–water partition coefficient (Wildman–Crippen LogP) is 3.16. The summed E-state index contributed by atoms with van der Waals surface area (Å²) in [5, 5.41) is 2.91. The van der Waals surface area contributed by atoms with Crippen LogP contribution in [0.25, 0.3) is 0 Å². The van der Waals surface area contributed by atoms with Crippen LogP contribution in [0.1, 0.15) is 31.1 Å². The Morgan fingerprint density at radius 1 is 1.59 bits per heavy atom. The third-order valence-corrected chi connectivity index (χ3v) is 4.49. The van der Waals surface area contributed by atoms with Crippen LogP contribution in [0.4, 0.5) is 0 Å². The highest BCUT2D eigenvalue weighted by Gasteiger charge is 2.30. The van der Waals surface area contributed by atoms with E-state index in [1.165, 1.54) is 11.3 Å². The van der Waals surface area contributed by atoms with Gasteiger partial charge in [0.05, 0.1) is 15.4 Å². The first kappa shape index (κ1) is 14.8. The molecule has 1 atom stereocenters. The van der Waals surface area contributed by atoms with Crippen LogP contribution >= 0.6 is 34.5 Å². The Hall–Kier alpha value is -0.290. The number of thiophene rings is 1. The van der Waals surface area contributed by atoms with E-state index in [9.17, 15) is 4.79 Å². The normalized spacial score (nSPS) is 14.8. The van der Waals surface area contributed by atoms with Crippen molar-refractivity contribution < 1.29 is 4.79 Å². The third-order valence-electron chi connectivity index (χ3n) is 3.00. The lowest BCUT2D eigenvalue weighted by atomic mass is 9.88. The van der Waals surface area contributed by atoms with Gasteiger partial charge in [-0.2, -0.15) is 0 Å². The van der Waals surface area contributed by atoms with Crippen molar-refractivity contribution in [3.8, 4) is 0 Å². The van der Waals surface area contributed by atoms with E-state index in [4.69, 9.17) is 28.9 Å². The van der Waals surface area contributed by atoms with Gasteiger partial charge in [-0.3, -0.25) is 4.79 Å². The maximum absolute atomic E-state index is 12.1. The Bertz CT molecular complexity index is 420. The lowest BCUT2D eigenvalue weighted by Crippen LogP contribution is -2.55. The molecule has 1 amide bonds. The first-order valence-corrected chi connectivity index (χ1v) is 6.85. The first-order valence-electron chi connectivity index (χ1n) is 5.27. The molecule has 1 aromatic heterocycles. The number of rotatable bonds is 4. The van der Waals surface area contributed by atoms with E-state index < -0.39 is 5.54 Å².